The zero-order chi connectivity index (χ0) is 16.1. The molecule has 6 unspecified atom stereocenters. The van der Waals surface area contributed by atoms with Crippen molar-refractivity contribution in [2.24, 2.45) is 11.8 Å². The average molecular weight is 334 g/mol. The molecule has 7 heteroatoms. The predicted molar refractivity (Wildman–Crippen MR) is 82.7 cm³/mol. The molecule has 0 saturated carbocycles. The molecule has 0 aliphatic carbocycles. The van der Waals surface area contributed by atoms with Gasteiger partial charge in [0.2, 0.25) is 0 Å². The summed E-state index contributed by atoms with van der Waals surface area (Å²) in [5.41, 5.74) is 0. The minimum absolute atomic E-state index is 0.0858. The van der Waals surface area contributed by atoms with Crippen molar-refractivity contribution in [2.75, 3.05) is 18.1 Å². The maximum Gasteiger partial charge on any atom is 0.306 e. The van der Waals surface area contributed by atoms with Crippen LogP contribution in [-0.2, 0) is 14.3 Å². The van der Waals surface area contributed by atoms with Crippen LogP contribution in [0.15, 0.2) is 0 Å². The van der Waals surface area contributed by atoms with E-state index in [0.717, 1.165) is 25.0 Å². The zero-order valence-corrected chi connectivity index (χ0v) is 13.7. The fourth-order valence-electron chi connectivity index (χ4n) is 2.91. The van der Waals surface area contributed by atoms with E-state index in [0.29, 0.717) is 18.8 Å². The third-order valence-electron chi connectivity index (χ3n) is 4.47. The first-order chi connectivity index (χ1) is 10.5. The van der Waals surface area contributed by atoms with E-state index in [1.54, 1.807) is 18.7 Å². The van der Waals surface area contributed by atoms with Crippen molar-refractivity contribution >= 4 is 17.7 Å². The molecule has 3 aliphatic heterocycles. The summed E-state index contributed by atoms with van der Waals surface area (Å²) in [4.78, 5) is 10.8. The minimum atomic E-state index is -0.989. The average Bonchev–Trinajstić information content (AvgIpc) is 2.62. The van der Waals surface area contributed by atoms with E-state index in [2.05, 4.69) is 0 Å². The van der Waals surface area contributed by atoms with Crippen molar-refractivity contribution in [1.82, 2.24) is 0 Å². The van der Waals surface area contributed by atoms with Gasteiger partial charge in [-0.15, -0.1) is 0 Å². The quantitative estimate of drug-likeness (QED) is 0.626. The Morgan fingerprint density at radius 2 is 2.09 bits per heavy atom. The highest BCUT2D eigenvalue weighted by Crippen LogP contribution is 2.34. The summed E-state index contributed by atoms with van der Waals surface area (Å²) in [5.74, 6) is 0.217. The van der Waals surface area contributed by atoms with Gasteiger partial charge in [-0.3, -0.25) is 4.79 Å². The Morgan fingerprint density at radius 3 is 2.82 bits per heavy atom. The second kappa shape index (κ2) is 8.49. The van der Waals surface area contributed by atoms with Crippen molar-refractivity contribution < 1.29 is 29.6 Å². The lowest BCUT2D eigenvalue weighted by molar-refractivity contribution is -0.277. The number of rotatable bonds is 6. The molecule has 0 aromatic rings. The van der Waals surface area contributed by atoms with Gasteiger partial charge in [0.05, 0.1) is 18.1 Å². The molecule has 3 fully saturated rings. The van der Waals surface area contributed by atoms with Gasteiger partial charge in [0.1, 0.15) is 6.10 Å². The van der Waals surface area contributed by atoms with Gasteiger partial charge in [-0.25, -0.2) is 0 Å². The Bertz CT molecular complexity index is 364. The van der Waals surface area contributed by atoms with Crippen molar-refractivity contribution in [3.63, 3.8) is 0 Å². The van der Waals surface area contributed by atoms with Gasteiger partial charge in [-0.05, 0) is 25.0 Å². The van der Waals surface area contributed by atoms with E-state index in [-0.39, 0.29) is 17.9 Å². The van der Waals surface area contributed by atoms with Crippen LogP contribution >= 0.6 is 11.8 Å². The van der Waals surface area contributed by atoms with Crippen molar-refractivity contribution in [3.8, 4) is 0 Å². The van der Waals surface area contributed by atoms with Gasteiger partial charge in [-0.2, -0.15) is 11.8 Å². The van der Waals surface area contributed by atoms with E-state index < -0.39 is 24.5 Å². The monoisotopic (exact) mass is 334 g/mol. The highest BCUT2D eigenvalue weighted by atomic mass is 32.2. The third-order valence-corrected chi connectivity index (χ3v) is 5.56. The third kappa shape index (κ3) is 4.58. The number of fused-ring (bicyclic) bond motifs is 6. The first kappa shape index (κ1) is 18.0. The Balaban J connectivity index is 1.85. The lowest BCUT2D eigenvalue weighted by atomic mass is 9.86. The van der Waals surface area contributed by atoms with Crippen LogP contribution < -0.4 is 0 Å². The maximum absolute atomic E-state index is 10.8. The fourth-order valence-corrected chi connectivity index (χ4v) is 4.15. The molecule has 3 N–H and O–H groups in total. The lowest BCUT2D eigenvalue weighted by Gasteiger charge is -2.42. The van der Waals surface area contributed by atoms with Gasteiger partial charge >= 0.3 is 5.97 Å². The zero-order valence-electron chi connectivity index (χ0n) is 12.9. The van der Waals surface area contributed by atoms with E-state index >= 15 is 0 Å². The normalized spacial score (nSPS) is 37.1. The molecule has 128 valence electrons. The Kier molecular flexibility index (Phi) is 6.95. The number of carboxylic acid groups (broad SMARTS) is 1. The highest BCUT2D eigenvalue weighted by molar-refractivity contribution is 7.99. The minimum Gasteiger partial charge on any atom is -0.481 e. The Labute approximate surface area is 135 Å². The van der Waals surface area contributed by atoms with Crippen LogP contribution in [-0.4, -0.2) is 64.0 Å². The number of carbonyl (C=O) groups is 1. The number of hydrogen-bond acceptors (Lipinski definition) is 6. The van der Waals surface area contributed by atoms with Gasteiger partial charge in [0.15, 0.2) is 6.29 Å². The first-order valence-electron chi connectivity index (χ1n) is 7.94. The second-order valence-corrected chi connectivity index (χ2v) is 7.31. The number of ether oxygens (including phenoxy) is 2. The molecule has 3 heterocycles. The molecule has 3 rings (SSSR count). The van der Waals surface area contributed by atoms with Crippen LogP contribution in [0.1, 0.15) is 32.6 Å². The smallest absolute Gasteiger partial charge is 0.306 e. The second-order valence-electron chi connectivity index (χ2n) is 6.16. The standard InChI is InChI=1S/C15H26O6S/c1-9(14(18)19)5-7-22-8-11-10-4-2-3-6-20-15(21-11)13(17)12(10)16/h9-13,15-17H,2-8H2,1H3,(H,18,19). The molecule has 3 saturated heterocycles. The van der Waals surface area contributed by atoms with E-state index in [1.165, 1.54) is 0 Å². The van der Waals surface area contributed by atoms with Gasteiger partial charge in [0.25, 0.3) is 0 Å². The number of hydrogen-bond donors (Lipinski definition) is 3. The Morgan fingerprint density at radius 1 is 1.32 bits per heavy atom. The van der Waals surface area contributed by atoms with Crippen LogP contribution in [0, 0.1) is 11.8 Å². The van der Waals surface area contributed by atoms with Crippen LogP contribution in [0.3, 0.4) is 0 Å². The summed E-state index contributed by atoms with van der Waals surface area (Å²) in [6, 6.07) is 0. The van der Waals surface area contributed by atoms with Crippen molar-refractivity contribution in [1.29, 1.82) is 0 Å². The van der Waals surface area contributed by atoms with Gasteiger partial charge in [0, 0.05) is 18.3 Å². The van der Waals surface area contributed by atoms with E-state index in [9.17, 15) is 15.0 Å². The molecular weight excluding hydrogens is 308 g/mol. The topological polar surface area (TPSA) is 96.2 Å². The molecule has 0 spiro atoms. The summed E-state index contributed by atoms with van der Waals surface area (Å²) in [5, 5.41) is 29.2. The van der Waals surface area contributed by atoms with Crippen molar-refractivity contribution in [3.05, 3.63) is 0 Å². The Hall–Kier alpha value is -0.340. The summed E-state index contributed by atoms with van der Waals surface area (Å²) in [6.45, 7) is 2.24. The van der Waals surface area contributed by atoms with E-state index in [1.807, 2.05) is 0 Å². The number of thioether (sulfide) groups is 1. The lowest BCUT2D eigenvalue weighted by Crippen LogP contribution is -2.55. The van der Waals surface area contributed by atoms with Crippen LogP contribution in [0.5, 0.6) is 0 Å². The SMILES string of the molecule is CC(CCSCC1OC2OCCCCC1C(O)C2O)C(=O)O. The molecule has 6 atom stereocenters. The summed E-state index contributed by atoms with van der Waals surface area (Å²) >= 11 is 1.63. The molecule has 22 heavy (non-hydrogen) atoms. The summed E-state index contributed by atoms with van der Waals surface area (Å²) in [6.07, 6.45) is 0.553. The number of aliphatic carboxylic acids is 1. The van der Waals surface area contributed by atoms with Gasteiger partial charge < -0.3 is 24.8 Å². The van der Waals surface area contributed by atoms with Crippen LogP contribution in [0.2, 0.25) is 0 Å². The number of aliphatic hydroxyl groups is 2. The molecule has 0 aromatic heterocycles. The molecule has 0 amide bonds. The van der Waals surface area contributed by atoms with Crippen molar-refractivity contribution in [2.45, 2.75) is 57.2 Å². The molecular formula is C15H26O6S. The predicted octanol–water partition coefficient (Wildman–Crippen LogP) is 1.09. The highest BCUT2D eigenvalue weighted by Gasteiger charge is 2.44. The molecule has 0 aromatic carbocycles. The van der Waals surface area contributed by atoms with Gasteiger partial charge in [-0.1, -0.05) is 13.3 Å². The maximum atomic E-state index is 10.8. The van der Waals surface area contributed by atoms with E-state index in [4.69, 9.17) is 14.6 Å². The first-order valence-corrected chi connectivity index (χ1v) is 9.10. The number of aliphatic hydroxyl groups excluding tert-OH is 2. The molecule has 2 bridgehead atoms. The van der Waals surface area contributed by atoms with Crippen LogP contribution in [0.25, 0.3) is 0 Å². The molecule has 0 radical (unpaired) electrons. The summed E-state index contributed by atoms with van der Waals surface area (Å²) in [7, 11) is 0. The fraction of sp³-hybridized carbons (Fsp3) is 0.933. The summed E-state index contributed by atoms with van der Waals surface area (Å²) < 4.78 is 11.4. The largest absolute Gasteiger partial charge is 0.481 e. The molecule has 6 nitrogen and oxygen atoms in total. The van der Waals surface area contributed by atoms with Crippen LogP contribution in [0.4, 0.5) is 0 Å². The number of carboxylic acids is 1. The molecule has 3 aliphatic rings.